The van der Waals surface area contributed by atoms with Crippen molar-refractivity contribution in [3.8, 4) is 5.69 Å². The van der Waals surface area contributed by atoms with E-state index in [1.54, 1.807) is 32.9 Å². The molecular weight excluding hydrogens is 405 g/mol. The third-order valence-corrected chi connectivity index (χ3v) is 5.83. The number of aromatic nitrogens is 3. The molecule has 0 aliphatic carbocycles. The first-order valence-corrected chi connectivity index (χ1v) is 10.3. The van der Waals surface area contributed by atoms with Crippen molar-refractivity contribution in [1.82, 2.24) is 14.5 Å². The van der Waals surface area contributed by atoms with Gasteiger partial charge in [0.05, 0.1) is 12.3 Å². The van der Waals surface area contributed by atoms with E-state index in [0.29, 0.717) is 5.52 Å². The molecule has 0 atom stereocenters. The molecule has 0 bridgehead atoms. The van der Waals surface area contributed by atoms with E-state index in [2.05, 4.69) is 9.97 Å². The Bertz CT molecular complexity index is 1330. The highest BCUT2D eigenvalue weighted by Gasteiger charge is 2.33. The molecule has 2 heterocycles. The zero-order valence-corrected chi connectivity index (χ0v) is 17.5. The van der Waals surface area contributed by atoms with Crippen molar-refractivity contribution in [1.29, 1.82) is 0 Å². The van der Waals surface area contributed by atoms with Crippen LogP contribution in [0.1, 0.15) is 20.8 Å². The average molecular weight is 425 g/mol. The van der Waals surface area contributed by atoms with Crippen LogP contribution in [0.2, 0.25) is 0 Å². The predicted molar refractivity (Wildman–Crippen MR) is 116 cm³/mol. The lowest BCUT2D eigenvalue weighted by Gasteiger charge is -2.23. The molecular formula is C22H20FN3O3S. The maximum atomic E-state index is 14.7. The lowest BCUT2D eigenvalue weighted by molar-refractivity contribution is -0.145. The van der Waals surface area contributed by atoms with Gasteiger partial charge in [0.25, 0.3) is 5.56 Å². The second-order valence-corrected chi connectivity index (χ2v) is 8.80. The average Bonchev–Trinajstić information content (AvgIpc) is 3.08. The van der Waals surface area contributed by atoms with E-state index in [9.17, 15) is 14.0 Å². The molecule has 0 unspecified atom stereocenters. The van der Waals surface area contributed by atoms with Crippen molar-refractivity contribution >= 4 is 39.7 Å². The molecule has 0 amide bonds. The molecule has 0 aliphatic rings. The molecule has 0 saturated heterocycles. The summed E-state index contributed by atoms with van der Waals surface area (Å²) in [6, 6.07) is 13.4. The minimum Gasteiger partial charge on any atom is -0.465 e. The third-order valence-electron chi connectivity index (χ3n) is 4.70. The molecule has 0 saturated carbocycles. The maximum Gasteiger partial charge on any atom is 0.322 e. The first kappa shape index (κ1) is 20.2. The maximum absolute atomic E-state index is 14.7. The van der Waals surface area contributed by atoms with Crippen LogP contribution in [0, 0.1) is 5.82 Å². The Kier molecular flexibility index (Phi) is 5.11. The summed E-state index contributed by atoms with van der Waals surface area (Å²) >= 11 is 1.06. The molecule has 1 N–H and O–H groups in total. The van der Waals surface area contributed by atoms with Crippen LogP contribution in [0.3, 0.4) is 0 Å². The molecule has 0 aliphatic heterocycles. The number of ether oxygens (including phenoxy) is 1. The Morgan fingerprint density at radius 1 is 1.20 bits per heavy atom. The van der Waals surface area contributed by atoms with Gasteiger partial charge in [0.15, 0.2) is 5.16 Å². The van der Waals surface area contributed by atoms with Gasteiger partial charge >= 0.3 is 5.97 Å². The standard InChI is InChI=1S/C22H20FN3O3S/c1-4-29-20(28)22(2,3)30-21-25-17-13-9-5-7-11-15(13)24-18(17)19(27)26(21)16-12-8-6-10-14(16)23/h5-12,24H,4H2,1-3H3. The summed E-state index contributed by atoms with van der Waals surface area (Å²) in [6.07, 6.45) is 0. The van der Waals surface area contributed by atoms with Gasteiger partial charge in [0.1, 0.15) is 21.6 Å². The van der Waals surface area contributed by atoms with Crippen LogP contribution < -0.4 is 5.56 Å². The number of aromatic amines is 1. The van der Waals surface area contributed by atoms with Crippen LogP contribution in [0.15, 0.2) is 58.5 Å². The normalized spacial score (nSPS) is 11.9. The summed E-state index contributed by atoms with van der Waals surface area (Å²) in [7, 11) is 0. The van der Waals surface area contributed by atoms with Gasteiger partial charge in [0.2, 0.25) is 0 Å². The van der Waals surface area contributed by atoms with Gasteiger partial charge in [-0.05, 0) is 39.0 Å². The van der Waals surface area contributed by atoms with E-state index in [0.717, 1.165) is 22.7 Å². The zero-order valence-electron chi connectivity index (χ0n) is 16.7. The fourth-order valence-corrected chi connectivity index (χ4v) is 4.24. The van der Waals surface area contributed by atoms with E-state index >= 15 is 0 Å². The second kappa shape index (κ2) is 7.60. The van der Waals surface area contributed by atoms with Crippen molar-refractivity contribution in [2.75, 3.05) is 6.61 Å². The van der Waals surface area contributed by atoms with E-state index < -0.39 is 22.1 Å². The van der Waals surface area contributed by atoms with Gasteiger partial charge in [-0.1, -0.05) is 42.1 Å². The van der Waals surface area contributed by atoms with Crippen LogP contribution >= 0.6 is 11.8 Å². The zero-order chi connectivity index (χ0) is 21.5. The Labute approximate surface area is 176 Å². The number of esters is 1. The Morgan fingerprint density at radius 2 is 1.90 bits per heavy atom. The molecule has 154 valence electrons. The number of fused-ring (bicyclic) bond motifs is 3. The fraction of sp³-hybridized carbons (Fsp3) is 0.227. The van der Waals surface area contributed by atoms with Gasteiger partial charge in [-0.15, -0.1) is 0 Å². The van der Waals surface area contributed by atoms with E-state index in [1.165, 1.54) is 16.7 Å². The van der Waals surface area contributed by atoms with Crippen molar-refractivity contribution in [2.45, 2.75) is 30.7 Å². The number of hydrogen-bond acceptors (Lipinski definition) is 5. The molecule has 0 radical (unpaired) electrons. The molecule has 8 heteroatoms. The number of carbonyl (C=O) groups excluding carboxylic acids is 1. The van der Waals surface area contributed by atoms with Crippen LogP contribution in [-0.4, -0.2) is 31.9 Å². The third kappa shape index (κ3) is 3.37. The number of hydrogen-bond donors (Lipinski definition) is 1. The largest absolute Gasteiger partial charge is 0.465 e. The predicted octanol–water partition coefficient (Wildman–Crippen LogP) is 4.44. The summed E-state index contributed by atoms with van der Waals surface area (Å²) in [5, 5.41) is 0.987. The van der Waals surface area contributed by atoms with E-state index in [-0.39, 0.29) is 23.0 Å². The minimum atomic E-state index is -1.04. The van der Waals surface area contributed by atoms with Crippen LogP contribution in [0.5, 0.6) is 0 Å². The highest BCUT2D eigenvalue weighted by atomic mass is 32.2. The lowest BCUT2D eigenvalue weighted by Crippen LogP contribution is -2.32. The Balaban J connectivity index is 2.02. The van der Waals surface area contributed by atoms with Gasteiger partial charge in [0, 0.05) is 10.9 Å². The highest BCUT2D eigenvalue weighted by Crippen LogP contribution is 2.35. The molecule has 4 rings (SSSR count). The number of halogens is 1. The fourth-order valence-electron chi connectivity index (χ4n) is 3.23. The summed E-state index contributed by atoms with van der Waals surface area (Å²) in [4.78, 5) is 33.7. The molecule has 4 aromatic rings. The quantitative estimate of drug-likeness (QED) is 0.291. The summed E-state index contributed by atoms with van der Waals surface area (Å²) in [5.41, 5.74) is 1.13. The molecule has 2 aromatic heterocycles. The first-order chi connectivity index (χ1) is 14.3. The number of rotatable bonds is 5. The first-order valence-electron chi connectivity index (χ1n) is 9.48. The second-order valence-electron chi connectivity index (χ2n) is 7.21. The number of carbonyl (C=O) groups is 1. The lowest BCUT2D eigenvalue weighted by atomic mass is 10.2. The van der Waals surface area contributed by atoms with E-state index in [1.807, 2.05) is 24.3 Å². The Morgan fingerprint density at radius 3 is 2.63 bits per heavy atom. The number of para-hydroxylation sites is 2. The topological polar surface area (TPSA) is 77.0 Å². The van der Waals surface area contributed by atoms with Crippen LogP contribution in [0.4, 0.5) is 4.39 Å². The van der Waals surface area contributed by atoms with Gasteiger partial charge in [-0.3, -0.25) is 14.2 Å². The molecule has 30 heavy (non-hydrogen) atoms. The number of benzene rings is 2. The Hall–Kier alpha value is -3.13. The highest BCUT2D eigenvalue weighted by molar-refractivity contribution is 8.01. The van der Waals surface area contributed by atoms with Crippen LogP contribution in [-0.2, 0) is 9.53 Å². The molecule has 0 fully saturated rings. The SMILES string of the molecule is CCOC(=O)C(C)(C)Sc1nc2c([nH]c3ccccc32)c(=O)n1-c1ccccc1F. The van der Waals surface area contributed by atoms with Crippen molar-refractivity contribution in [3.63, 3.8) is 0 Å². The van der Waals surface area contributed by atoms with Crippen molar-refractivity contribution in [2.24, 2.45) is 0 Å². The summed E-state index contributed by atoms with van der Waals surface area (Å²) < 4.78 is 20.0. The molecule has 0 spiro atoms. The van der Waals surface area contributed by atoms with Gasteiger partial charge < -0.3 is 9.72 Å². The van der Waals surface area contributed by atoms with Gasteiger partial charge in [-0.25, -0.2) is 9.37 Å². The minimum absolute atomic E-state index is 0.0673. The van der Waals surface area contributed by atoms with Crippen molar-refractivity contribution < 1.29 is 13.9 Å². The van der Waals surface area contributed by atoms with Crippen molar-refractivity contribution in [3.05, 3.63) is 64.7 Å². The monoisotopic (exact) mass is 425 g/mol. The number of thioether (sulfide) groups is 1. The van der Waals surface area contributed by atoms with E-state index in [4.69, 9.17) is 4.74 Å². The molecule has 6 nitrogen and oxygen atoms in total. The van der Waals surface area contributed by atoms with Crippen LogP contribution in [0.25, 0.3) is 27.6 Å². The smallest absolute Gasteiger partial charge is 0.322 e. The van der Waals surface area contributed by atoms with Gasteiger partial charge in [-0.2, -0.15) is 0 Å². The number of H-pyrrole nitrogens is 1. The summed E-state index contributed by atoms with van der Waals surface area (Å²) in [5.74, 6) is -1.00. The molecule has 2 aromatic carbocycles. The summed E-state index contributed by atoms with van der Waals surface area (Å²) in [6.45, 7) is 5.34. The number of nitrogens with one attached hydrogen (secondary N) is 1. The number of nitrogens with zero attached hydrogens (tertiary/aromatic N) is 2.